The highest BCUT2D eigenvalue weighted by atomic mass is 28.1. The van der Waals surface area contributed by atoms with Gasteiger partial charge in [0.1, 0.15) is 10.2 Å². The Bertz CT molecular complexity index is 237. The van der Waals surface area contributed by atoms with Gasteiger partial charge in [-0.15, -0.1) is 0 Å². The highest BCUT2D eigenvalue weighted by Gasteiger charge is 2.20. The third kappa shape index (κ3) is 3.15. The first kappa shape index (κ1) is 9.36. The fourth-order valence-corrected chi connectivity index (χ4v) is 0.403. The molecule has 53 valence electrons. The monoisotopic (exact) mass is 166 g/mol. The second-order valence-electron chi connectivity index (χ2n) is 1.24. The fraction of sp³-hybridized carbons (Fsp3) is 0.250. The summed E-state index contributed by atoms with van der Waals surface area (Å²) in [7, 11) is 2.63. The van der Waals surface area contributed by atoms with Gasteiger partial charge in [0, 0.05) is 0 Å². The molecule has 0 unspecified atom stereocenters. The molecule has 3 radical (unpaired) electrons. The Morgan fingerprint density at radius 1 is 0.909 bits per heavy atom. The molecule has 0 saturated heterocycles. The van der Waals surface area contributed by atoms with E-state index in [-0.39, 0.29) is 0 Å². The van der Waals surface area contributed by atoms with Gasteiger partial charge in [-0.25, -0.2) is 14.4 Å². The molecule has 0 spiro atoms. The molecule has 11 heavy (non-hydrogen) atoms. The van der Waals surface area contributed by atoms with Crippen molar-refractivity contribution in [1.82, 2.24) is 0 Å². The summed E-state index contributed by atoms with van der Waals surface area (Å²) < 4.78 is 0. The van der Waals surface area contributed by atoms with Gasteiger partial charge < -0.3 is 0 Å². The number of aliphatic imine (C=N–C) groups is 3. The lowest BCUT2D eigenvalue weighted by Gasteiger charge is -2.04. The van der Waals surface area contributed by atoms with Crippen LogP contribution < -0.4 is 0 Å². The first-order valence-electron chi connectivity index (χ1n) is 2.20. The van der Waals surface area contributed by atoms with Gasteiger partial charge in [0.15, 0.2) is 0 Å². The van der Waals surface area contributed by atoms with Gasteiger partial charge in [0.2, 0.25) is 23.6 Å². The topological polar surface area (TPSA) is 88.3 Å². The van der Waals surface area contributed by atoms with Gasteiger partial charge in [-0.2, -0.15) is 15.0 Å². The van der Waals surface area contributed by atoms with Crippen molar-refractivity contribution in [2.75, 3.05) is 0 Å². The standard InChI is InChI=1S/C4N3O3Si/c8-1-5-4(11,6-2-9)7-3-10. The first-order chi connectivity index (χ1) is 5.18. The third-order valence-corrected chi connectivity index (χ3v) is 0.940. The lowest BCUT2D eigenvalue weighted by Crippen LogP contribution is -2.20. The van der Waals surface area contributed by atoms with Crippen LogP contribution in [0.25, 0.3) is 0 Å². The van der Waals surface area contributed by atoms with E-state index in [9.17, 15) is 14.4 Å². The van der Waals surface area contributed by atoms with Gasteiger partial charge in [-0.1, -0.05) is 0 Å². The quantitative estimate of drug-likeness (QED) is 0.299. The zero-order chi connectivity index (χ0) is 8.74. The van der Waals surface area contributed by atoms with E-state index >= 15 is 0 Å². The molecule has 0 aliphatic rings. The summed E-state index contributed by atoms with van der Waals surface area (Å²) in [5.74, 6) is 0. The number of rotatable bonds is 3. The van der Waals surface area contributed by atoms with Gasteiger partial charge in [-0.05, 0) is 0 Å². The molecule has 7 heteroatoms. The number of nitrogens with zero attached hydrogens (tertiary/aromatic N) is 3. The van der Waals surface area contributed by atoms with E-state index in [1.807, 2.05) is 0 Å². The van der Waals surface area contributed by atoms with Crippen LogP contribution >= 0.6 is 0 Å². The van der Waals surface area contributed by atoms with Crippen molar-refractivity contribution in [2.45, 2.75) is 5.41 Å². The average Bonchev–Trinajstić information content (AvgIpc) is 1.88. The molecule has 0 aromatic carbocycles. The van der Waals surface area contributed by atoms with E-state index in [1.54, 1.807) is 0 Å². The molecule has 0 bridgehead atoms. The summed E-state index contributed by atoms with van der Waals surface area (Å²) in [5.41, 5.74) is -1.94. The van der Waals surface area contributed by atoms with Gasteiger partial charge in [0.05, 0.1) is 0 Å². The second kappa shape index (κ2) is 4.22. The van der Waals surface area contributed by atoms with Crippen LogP contribution in [0.15, 0.2) is 15.0 Å². The molecule has 0 heterocycles. The maximum absolute atomic E-state index is 9.67. The van der Waals surface area contributed by atoms with E-state index in [2.05, 4.69) is 25.2 Å². The van der Waals surface area contributed by atoms with Crippen molar-refractivity contribution in [1.29, 1.82) is 0 Å². The molecule has 0 aromatic heterocycles. The molecule has 0 amide bonds. The fourth-order valence-electron chi connectivity index (χ4n) is 0.266. The van der Waals surface area contributed by atoms with E-state index in [0.29, 0.717) is 0 Å². The highest BCUT2D eigenvalue weighted by Crippen LogP contribution is 2.05. The third-order valence-electron chi connectivity index (χ3n) is 0.605. The number of hydrogen-bond acceptors (Lipinski definition) is 6. The summed E-state index contributed by atoms with van der Waals surface area (Å²) in [6.45, 7) is 0. The zero-order valence-corrected chi connectivity index (χ0v) is 6.07. The second-order valence-corrected chi connectivity index (χ2v) is 1.92. The van der Waals surface area contributed by atoms with E-state index in [4.69, 9.17) is 0 Å². The lowest BCUT2D eigenvalue weighted by molar-refractivity contribution is 0.534. The molecule has 0 aliphatic carbocycles. The van der Waals surface area contributed by atoms with Gasteiger partial charge in [0.25, 0.3) is 0 Å². The smallest absolute Gasteiger partial charge is 0.211 e. The average molecular weight is 166 g/mol. The van der Waals surface area contributed by atoms with Crippen LogP contribution in [-0.2, 0) is 14.4 Å². The molecule has 0 saturated carbocycles. The molecular weight excluding hydrogens is 166 g/mol. The Balaban J connectivity index is 4.94. The Kier molecular flexibility index (Phi) is 3.59. The normalized spacial score (nSPS) is 12.8. The molecular formula is C4N3O3Si. The van der Waals surface area contributed by atoms with Crippen LogP contribution in [0.2, 0.25) is 0 Å². The summed E-state index contributed by atoms with van der Waals surface area (Å²) in [6, 6.07) is 0. The van der Waals surface area contributed by atoms with E-state index in [0.717, 1.165) is 18.2 Å². The van der Waals surface area contributed by atoms with E-state index in [1.165, 1.54) is 0 Å². The lowest BCUT2D eigenvalue weighted by atomic mass is 10.8. The summed E-state index contributed by atoms with van der Waals surface area (Å²) >= 11 is 0. The predicted octanol–water partition coefficient (Wildman–Crippen LogP) is -1.23. The molecule has 0 N–H and O–H groups in total. The number of carbonyl (C=O) groups excluding carboxylic acids is 3. The van der Waals surface area contributed by atoms with Crippen LogP contribution in [0.3, 0.4) is 0 Å². The molecule has 0 aromatic rings. The summed E-state index contributed by atoms with van der Waals surface area (Å²) in [5, 5.41) is 0. The number of isocyanates is 3. The SMILES string of the molecule is O=C=NC([Si])(N=C=O)N=C=O. The van der Waals surface area contributed by atoms with Crippen molar-refractivity contribution >= 4 is 28.5 Å². The van der Waals surface area contributed by atoms with Gasteiger partial charge in [-0.3, -0.25) is 0 Å². The first-order valence-corrected chi connectivity index (χ1v) is 2.70. The Morgan fingerprint density at radius 3 is 1.36 bits per heavy atom. The van der Waals surface area contributed by atoms with Gasteiger partial charge >= 0.3 is 0 Å². The van der Waals surface area contributed by atoms with Crippen molar-refractivity contribution in [3.8, 4) is 0 Å². The summed E-state index contributed by atoms with van der Waals surface area (Å²) in [6.07, 6.45) is 3.18. The zero-order valence-electron chi connectivity index (χ0n) is 5.07. The predicted molar refractivity (Wildman–Crippen MR) is 32.8 cm³/mol. The molecule has 0 atom stereocenters. The highest BCUT2D eigenvalue weighted by molar-refractivity contribution is 6.16. The van der Waals surface area contributed by atoms with Crippen LogP contribution in [0.1, 0.15) is 0 Å². The van der Waals surface area contributed by atoms with Crippen molar-refractivity contribution in [3.63, 3.8) is 0 Å². The van der Waals surface area contributed by atoms with Crippen molar-refractivity contribution in [3.05, 3.63) is 0 Å². The molecule has 0 rings (SSSR count). The minimum absolute atomic E-state index is 1.06. The van der Waals surface area contributed by atoms with Crippen molar-refractivity contribution < 1.29 is 14.4 Å². The molecule has 0 aliphatic heterocycles. The minimum atomic E-state index is -1.94. The van der Waals surface area contributed by atoms with Crippen molar-refractivity contribution in [2.24, 2.45) is 15.0 Å². The van der Waals surface area contributed by atoms with Crippen LogP contribution in [0.5, 0.6) is 0 Å². The largest absolute Gasteiger partial charge is 0.249 e. The number of hydrogen-bond donors (Lipinski definition) is 0. The molecule has 0 fully saturated rings. The van der Waals surface area contributed by atoms with E-state index < -0.39 is 5.41 Å². The Morgan fingerprint density at radius 2 is 1.18 bits per heavy atom. The molecule has 6 nitrogen and oxygen atoms in total. The van der Waals surface area contributed by atoms with Crippen LogP contribution in [-0.4, -0.2) is 33.9 Å². The maximum atomic E-state index is 9.67. The minimum Gasteiger partial charge on any atom is -0.211 e. The van der Waals surface area contributed by atoms with Crippen LogP contribution in [0, 0.1) is 0 Å². The Labute approximate surface area is 64.2 Å². The van der Waals surface area contributed by atoms with Crippen LogP contribution in [0.4, 0.5) is 0 Å². The Hall–Kier alpha value is -1.64. The maximum Gasteiger partial charge on any atom is 0.249 e. The summed E-state index contributed by atoms with van der Waals surface area (Å²) in [4.78, 5) is 37.7.